The first-order valence-electron chi connectivity index (χ1n) is 8.26. The lowest BCUT2D eigenvalue weighted by atomic mass is 10.1. The number of pyridine rings is 1. The minimum Gasteiger partial charge on any atom is -0.354 e. The van der Waals surface area contributed by atoms with Gasteiger partial charge in [-0.3, -0.25) is 14.6 Å². The zero-order valence-corrected chi connectivity index (χ0v) is 15.1. The molecule has 0 bridgehead atoms. The summed E-state index contributed by atoms with van der Waals surface area (Å²) in [5, 5.41) is 5.41. The first kappa shape index (κ1) is 18.7. The Bertz CT molecular complexity index is 643. The summed E-state index contributed by atoms with van der Waals surface area (Å²) in [5.41, 5.74) is 0.408. The van der Waals surface area contributed by atoms with Gasteiger partial charge in [0.2, 0.25) is 0 Å². The molecule has 0 atom stereocenters. The summed E-state index contributed by atoms with van der Waals surface area (Å²) in [6.07, 6.45) is 1.41. The predicted molar refractivity (Wildman–Crippen MR) is 93.4 cm³/mol. The average molecular weight is 347 g/mol. The predicted octanol–water partition coefficient (Wildman–Crippen LogP) is 0.707. The Labute approximate surface area is 147 Å². The third kappa shape index (κ3) is 4.91. The van der Waals surface area contributed by atoms with Gasteiger partial charge in [-0.25, -0.2) is 4.79 Å². The van der Waals surface area contributed by atoms with Crippen LogP contribution in [0, 0.1) is 0 Å². The van der Waals surface area contributed by atoms with Crippen LogP contribution in [0.5, 0.6) is 0 Å². The summed E-state index contributed by atoms with van der Waals surface area (Å²) < 4.78 is 0. The molecule has 1 aromatic rings. The van der Waals surface area contributed by atoms with Gasteiger partial charge in [0.25, 0.3) is 11.8 Å². The minimum absolute atomic E-state index is 0.115. The molecule has 0 unspecified atom stereocenters. The summed E-state index contributed by atoms with van der Waals surface area (Å²) in [6, 6.07) is 3.01. The summed E-state index contributed by atoms with van der Waals surface area (Å²) in [5.74, 6) is -0.440. The molecule has 0 aliphatic carbocycles. The van der Waals surface area contributed by atoms with Gasteiger partial charge in [-0.15, -0.1) is 0 Å². The lowest BCUT2D eigenvalue weighted by Crippen LogP contribution is -2.56. The molecule has 2 N–H and O–H groups in total. The molecular weight excluding hydrogens is 322 g/mol. The number of carbonyl (C=O) groups excluding carboxylic acids is 3. The van der Waals surface area contributed by atoms with E-state index < -0.39 is 0 Å². The molecule has 2 heterocycles. The number of carbonyl (C=O) groups is 3. The number of hydrogen-bond acceptors (Lipinski definition) is 4. The molecule has 0 spiro atoms. The van der Waals surface area contributed by atoms with Crippen LogP contribution in [0.4, 0.5) is 4.79 Å². The van der Waals surface area contributed by atoms with E-state index in [0.29, 0.717) is 31.7 Å². The summed E-state index contributed by atoms with van der Waals surface area (Å²) in [4.78, 5) is 43.6. The molecule has 25 heavy (non-hydrogen) atoms. The molecule has 0 saturated carbocycles. The molecule has 136 valence electrons. The molecule has 0 aromatic carbocycles. The maximum absolute atomic E-state index is 12.5. The van der Waals surface area contributed by atoms with E-state index in [0.717, 1.165) is 0 Å². The van der Waals surface area contributed by atoms with Crippen LogP contribution in [-0.2, 0) is 0 Å². The van der Waals surface area contributed by atoms with Crippen molar-refractivity contribution >= 4 is 17.8 Å². The van der Waals surface area contributed by atoms with Gasteiger partial charge in [0, 0.05) is 45.0 Å². The van der Waals surface area contributed by atoms with Crippen molar-refractivity contribution < 1.29 is 14.4 Å². The first-order chi connectivity index (χ1) is 11.7. The van der Waals surface area contributed by atoms with Crippen molar-refractivity contribution in [3.8, 4) is 0 Å². The Hall–Kier alpha value is -2.64. The number of nitrogens with one attached hydrogen (secondary N) is 2. The first-order valence-corrected chi connectivity index (χ1v) is 8.26. The molecule has 2 rings (SSSR count). The van der Waals surface area contributed by atoms with Gasteiger partial charge >= 0.3 is 6.03 Å². The average Bonchev–Trinajstić information content (AvgIpc) is 2.59. The second-order valence-corrected chi connectivity index (χ2v) is 6.97. The van der Waals surface area contributed by atoms with Gasteiger partial charge in [-0.2, -0.15) is 0 Å². The van der Waals surface area contributed by atoms with Crippen LogP contribution in [0.2, 0.25) is 0 Å². The number of nitrogens with zero attached hydrogens (tertiary/aromatic N) is 3. The normalized spacial score (nSPS) is 14.9. The monoisotopic (exact) mass is 347 g/mol. The Balaban J connectivity index is 1.93. The Morgan fingerprint density at radius 2 is 1.64 bits per heavy atom. The standard InChI is InChI=1S/C17H25N5O3/c1-17(2,3)20-16(25)22-9-7-21(8-10-22)15(24)12-5-6-13(19-11-12)14(23)18-4/h5-6,11H,7-10H2,1-4H3,(H,18,23)(H,20,25). The van der Waals surface area contributed by atoms with Gasteiger partial charge in [-0.05, 0) is 32.9 Å². The van der Waals surface area contributed by atoms with Gasteiger partial charge in [0.05, 0.1) is 5.56 Å². The van der Waals surface area contributed by atoms with Crippen LogP contribution >= 0.6 is 0 Å². The van der Waals surface area contributed by atoms with Crippen molar-refractivity contribution in [3.05, 3.63) is 29.6 Å². The SMILES string of the molecule is CNC(=O)c1ccc(C(=O)N2CCN(C(=O)NC(C)(C)C)CC2)cn1. The quantitative estimate of drug-likeness (QED) is 0.824. The number of rotatable bonds is 2. The topological polar surface area (TPSA) is 94.6 Å². The van der Waals surface area contributed by atoms with E-state index in [1.165, 1.54) is 19.3 Å². The molecule has 1 aliphatic rings. The second-order valence-electron chi connectivity index (χ2n) is 6.97. The van der Waals surface area contributed by atoms with Gasteiger partial charge in [0.1, 0.15) is 5.69 Å². The van der Waals surface area contributed by atoms with Crippen LogP contribution in [0.15, 0.2) is 18.3 Å². The summed E-state index contributed by atoms with van der Waals surface area (Å²) >= 11 is 0. The van der Waals surface area contributed by atoms with Crippen molar-refractivity contribution in [3.63, 3.8) is 0 Å². The third-order valence-electron chi connectivity index (χ3n) is 3.81. The van der Waals surface area contributed by atoms with E-state index in [9.17, 15) is 14.4 Å². The van der Waals surface area contributed by atoms with Gasteiger partial charge in [-0.1, -0.05) is 0 Å². The highest BCUT2D eigenvalue weighted by molar-refractivity contribution is 5.96. The largest absolute Gasteiger partial charge is 0.354 e. The van der Waals surface area contributed by atoms with E-state index in [-0.39, 0.29) is 29.1 Å². The highest BCUT2D eigenvalue weighted by Gasteiger charge is 2.26. The number of aromatic nitrogens is 1. The molecular formula is C17H25N5O3. The van der Waals surface area contributed by atoms with Crippen molar-refractivity contribution in [1.29, 1.82) is 0 Å². The van der Waals surface area contributed by atoms with Crippen molar-refractivity contribution in [2.75, 3.05) is 33.2 Å². The van der Waals surface area contributed by atoms with E-state index in [2.05, 4.69) is 15.6 Å². The van der Waals surface area contributed by atoms with Gasteiger partial charge < -0.3 is 20.4 Å². The van der Waals surface area contributed by atoms with Crippen molar-refractivity contribution in [1.82, 2.24) is 25.4 Å². The van der Waals surface area contributed by atoms with Crippen LogP contribution < -0.4 is 10.6 Å². The Morgan fingerprint density at radius 3 is 2.12 bits per heavy atom. The molecule has 4 amide bonds. The van der Waals surface area contributed by atoms with E-state index in [1.54, 1.807) is 15.9 Å². The number of piperazine rings is 1. The molecule has 8 heteroatoms. The maximum atomic E-state index is 12.5. The fraction of sp³-hybridized carbons (Fsp3) is 0.529. The lowest BCUT2D eigenvalue weighted by molar-refractivity contribution is 0.0660. The lowest BCUT2D eigenvalue weighted by Gasteiger charge is -2.36. The van der Waals surface area contributed by atoms with Crippen LogP contribution in [0.1, 0.15) is 41.6 Å². The Morgan fingerprint density at radius 1 is 1.04 bits per heavy atom. The molecule has 1 aliphatic heterocycles. The van der Waals surface area contributed by atoms with E-state index in [4.69, 9.17) is 0 Å². The Kier molecular flexibility index (Phi) is 5.61. The van der Waals surface area contributed by atoms with Crippen LogP contribution in [-0.4, -0.2) is 71.4 Å². The zero-order valence-electron chi connectivity index (χ0n) is 15.1. The maximum Gasteiger partial charge on any atom is 0.317 e. The van der Waals surface area contributed by atoms with E-state index >= 15 is 0 Å². The highest BCUT2D eigenvalue weighted by Crippen LogP contribution is 2.10. The van der Waals surface area contributed by atoms with Crippen molar-refractivity contribution in [2.45, 2.75) is 26.3 Å². The molecule has 0 radical (unpaired) electrons. The van der Waals surface area contributed by atoms with Crippen molar-refractivity contribution in [2.24, 2.45) is 0 Å². The number of amides is 4. The smallest absolute Gasteiger partial charge is 0.317 e. The summed E-state index contributed by atoms with van der Waals surface area (Å²) in [6.45, 7) is 7.69. The highest BCUT2D eigenvalue weighted by atomic mass is 16.2. The second kappa shape index (κ2) is 7.50. The third-order valence-corrected chi connectivity index (χ3v) is 3.81. The van der Waals surface area contributed by atoms with Gasteiger partial charge in [0.15, 0.2) is 0 Å². The molecule has 8 nitrogen and oxygen atoms in total. The van der Waals surface area contributed by atoms with Crippen LogP contribution in [0.25, 0.3) is 0 Å². The number of urea groups is 1. The number of hydrogen-bond donors (Lipinski definition) is 2. The fourth-order valence-electron chi connectivity index (χ4n) is 2.48. The zero-order chi connectivity index (χ0) is 18.6. The molecule has 1 fully saturated rings. The molecule has 1 aromatic heterocycles. The summed E-state index contributed by atoms with van der Waals surface area (Å²) in [7, 11) is 1.53. The molecule has 1 saturated heterocycles. The van der Waals surface area contributed by atoms with Crippen LogP contribution in [0.3, 0.4) is 0 Å². The van der Waals surface area contributed by atoms with E-state index in [1.807, 2.05) is 20.8 Å². The fourth-order valence-corrected chi connectivity index (χ4v) is 2.48. The minimum atomic E-state index is -0.294.